The Morgan fingerprint density at radius 2 is 1.85 bits per heavy atom. The van der Waals surface area contributed by atoms with Gasteiger partial charge in [0.2, 0.25) is 0 Å². The number of nitrogens with zero attached hydrogens (tertiary/aromatic N) is 1. The molecule has 1 amide bonds. The van der Waals surface area contributed by atoms with E-state index in [9.17, 15) is 4.79 Å². The largest absolute Gasteiger partial charge is 0.362 e. The van der Waals surface area contributed by atoms with E-state index in [4.69, 9.17) is 12.2 Å². The molecule has 1 aromatic rings. The van der Waals surface area contributed by atoms with Crippen LogP contribution in [0.25, 0.3) is 0 Å². The third-order valence-electron chi connectivity index (χ3n) is 2.73. The molecule has 0 radical (unpaired) electrons. The lowest BCUT2D eigenvalue weighted by Crippen LogP contribution is -2.45. The summed E-state index contributed by atoms with van der Waals surface area (Å²) in [4.78, 5) is 14.0. The Kier molecular flexibility index (Phi) is 6.10. The first-order valence-corrected chi connectivity index (χ1v) is 7.00. The summed E-state index contributed by atoms with van der Waals surface area (Å²) < 4.78 is 0. The lowest BCUT2D eigenvalue weighted by Gasteiger charge is -2.28. The molecule has 0 unspecified atom stereocenters. The molecule has 0 spiro atoms. The highest BCUT2D eigenvalue weighted by Crippen LogP contribution is 2.13. The summed E-state index contributed by atoms with van der Waals surface area (Å²) in [6.45, 7) is 5.96. The number of carbonyl (C=O) groups excluding carboxylic acids is 1. The predicted octanol–water partition coefficient (Wildman–Crippen LogP) is 1.88. The summed E-state index contributed by atoms with van der Waals surface area (Å²) in [6, 6.07) is 9.04. The van der Waals surface area contributed by atoms with Crippen LogP contribution in [0.15, 0.2) is 30.3 Å². The zero-order chi connectivity index (χ0) is 15.2. The van der Waals surface area contributed by atoms with Crippen LogP contribution in [0.5, 0.6) is 0 Å². The normalized spacial score (nSPS) is 11.2. The van der Waals surface area contributed by atoms with Crippen LogP contribution in [0.3, 0.4) is 0 Å². The van der Waals surface area contributed by atoms with Crippen molar-refractivity contribution < 1.29 is 4.79 Å². The maximum atomic E-state index is 11.9. The maximum absolute atomic E-state index is 11.9. The number of rotatable bonds is 5. The van der Waals surface area contributed by atoms with Crippen molar-refractivity contribution >= 4 is 23.2 Å². The van der Waals surface area contributed by atoms with Crippen LogP contribution >= 0.6 is 12.2 Å². The van der Waals surface area contributed by atoms with Crippen LogP contribution in [0.1, 0.15) is 24.2 Å². The van der Waals surface area contributed by atoms with Gasteiger partial charge in [-0.3, -0.25) is 10.1 Å². The summed E-state index contributed by atoms with van der Waals surface area (Å²) in [6.07, 6.45) is 0. The predicted molar refractivity (Wildman–Crippen MR) is 86.8 cm³/mol. The first kappa shape index (κ1) is 16.6. The Labute approximate surface area is 126 Å². The fraction of sp³-hybridized carbons (Fsp3) is 0.467. The number of thiocarbonyl (C=S) groups is 1. The molecular weight excluding hydrogens is 270 g/mol. The van der Waals surface area contributed by atoms with Gasteiger partial charge in [0, 0.05) is 18.7 Å². The molecule has 0 fully saturated rings. The molecule has 110 valence electrons. The van der Waals surface area contributed by atoms with E-state index in [1.165, 1.54) is 0 Å². The van der Waals surface area contributed by atoms with Crippen LogP contribution in [0, 0.1) is 5.41 Å². The smallest absolute Gasteiger partial charge is 0.257 e. The highest BCUT2D eigenvalue weighted by atomic mass is 32.1. The molecule has 0 aliphatic carbocycles. The molecule has 0 atom stereocenters. The Morgan fingerprint density at radius 1 is 1.25 bits per heavy atom. The van der Waals surface area contributed by atoms with Crippen molar-refractivity contribution in [3.63, 3.8) is 0 Å². The Balaban J connectivity index is 2.43. The topological polar surface area (TPSA) is 44.4 Å². The number of benzene rings is 1. The van der Waals surface area contributed by atoms with Gasteiger partial charge in [-0.05, 0) is 43.9 Å². The maximum Gasteiger partial charge on any atom is 0.257 e. The highest BCUT2D eigenvalue weighted by molar-refractivity contribution is 7.80. The van der Waals surface area contributed by atoms with Gasteiger partial charge in [-0.1, -0.05) is 32.0 Å². The first-order chi connectivity index (χ1) is 9.30. The Bertz CT molecular complexity index is 457. The lowest BCUT2D eigenvalue weighted by atomic mass is 9.93. The SMILES string of the molecule is CN(C)CC(C)(C)CNC(=S)NC(=O)c1ccccc1. The van der Waals surface area contributed by atoms with Gasteiger partial charge in [0.15, 0.2) is 5.11 Å². The molecular formula is C15H23N3OS. The standard InChI is InChI=1S/C15H23N3OS/c1-15(2,11-18(3)4)10-16-14(20)17-13(19)12-8-6-5-7-9-12/h5-9H,10-11H2,1-4H3,(H2,16,17,19,20). The second kappa shape index (κ2) is 7.36. The molecule has 5 heteroatoms. The second-order valence-electron chi connectivity index (χ2n) is 5.90. The van der Waals surface area contributed by atoms with Crippen LogP contribution < -0.4 is 10.6 Å². The van der Waals surface area contributed by atoms with Gasteiger partial charge in [-0.25, -0.2) is 0 Å². The highest BCUT2D eigenvalue weighted by Gasteiger charge is 2.19. The van der Waals surface area contributed by atoms with E-state index >= 15 is 0 Å². The van der Waals surface area contributed by atoms with Crippen molar-refractivity contribution in [1.82, 2.24) is 15.5 Å². The van der Waals surface area contributed by atoms with E-state index in [2.05, 4.69) is 29.4 Å². The van der Waals surface area contributed by atoms with Crippen molar-refractivity contribution in [3.05, 3.63) is 35.9 Å². The van der Waals surface area contributed by atoms with Gasteiger partial charge >= 0.3 is 0 Å². The van der Waals surface area contributed by atoms with Crippen molar-refractivity contribution in [2.45, 2.75) is 13.8 Å². The molecule has 0 aliphatic heterocycles. The van der Waals surface area contributed by atoms with E-state index in [0.717, 1.165) is 6.54 Å². The number of hydrogen-bond donors (Lipinski definition) is 2. The lowest BCUT2D eigenvalue weighted by molar-refractivity contribution is 0.0976. The third kappa shape index (κ3) is 6.12. The van der Waals surface area contributed by atoms with Crippen molar-refractivity contribution in [2.75, 3.05) is 27.2 Å². The van der Waals surface area contributed by atoms with E-state index in [1.807, 2.05) is 32.3 Å². The van der Waals surface area contributed by atoms with Gasteiger partial charge in [0.05, 0.1) is 0 Å². The van der Waals surface area contributed by atoms with Crippen molar-refractivity contribution in [2.24, 2.45) is 5.41 Å². The third-order valence-corrected chi connectivity index (χ3v) is 2.98. The molecule has 0 saturated heterocycles. The molecule has 0 heterocycles. The van der Waals surface area contributed by atoms with Gasteiger partial charge in [0.1, 0.15) is 0 Å². The summed E-state index contributed by atoms with van der Waals surface area (Å²) in [7, 11) is 4.08. The molecule has 2 N–H and O–H groups in total. The van der Waals surface area contributed by atoms with E-state index < -0.39 is 0 Å². The zero-order valence-electron chi connectivity index (χ0n) is 12.6. The summed E-state index contributed by atoms with van der Waals surface area (Å²) in [5.41, 5.74) is 0.676. The van der Waals surface area contributed by atoms with Crippen LogP contribution in [-0.4, -0.2) is 43.1 Å². The van der Waals surface area contributed by atoms with Gasteiger partial charge in [-0.2, -0.15) is 0 Å². The van der Waals surface area contributed by atoms with E-state index in [1.54, 1.807) is 12.1 Å². The number of nitrogens with one attached hydrogen (secondary N) is 2. The zero-order valence-corrected chi connectivity index (χ0v) is 13.4. The summed E-state index contributed by atoms with van der Waals surface area (Å²) in [5, 5.41) is 6.16. The molecule has 0 saturated carbocycles. The van der Waals surface area contributed by atoms with Crippen LogP contribution in [0.4, 0.5) is 0 Å². The molecule has 0 bridgehead atoms. The summed E-state index contributed by atoms with van der Waals surface area (Å²) in [5.74, 6) is -0.187. The number of amides is 1. The minimum absolute atomic E-state index is 0.0744. The Hall–Kier alpha value is -1.46. The van der Waals surface area contributed by atoms with E-state index in [0.29, 0.717) is 17.2 Å². The molecule has 4 nitrogen and oxygen atoms in total. The Morgan fingerprint density at radius 3 is 2.40 bits per heavy atom. The molecule has 0 aromatic heterocycles. The number of carbonyl (C=O) groups is 1. The average molecular weight is 293 g/mol. The van der Waals surface area contributed by atoms with Gasteiger partial charge in [-0.15, -0.1) is 0 Å². The van der Waals surface area contributed by atoms with Crippen LogP contribution in [0.2, 0.25) is 0 Å². The summed E-state index contributed by atoms with van der Waals surface area (Å²) >= 11 is 5.16. The average Bonchev–Trinajstić information content (AvgIpc) is 2.36. The van der Waals surface area contributed by atoms with Crippen molar-refractivity contribution in [3.8, 4) is 0 Å². The quantitative estimate of drug-likeness (QED) is 0.814. The fourth-order valence-electron chi connectivity index (χ4n) is 2.04. The monoisotopic (exact) mass is 293 g/mol. The van der Waals surface area contributed by atoms with Gasteiger partial charge in [0.25, 0.3) is 5.91 Å². The molecule has 1 rings (SSSR count). The van der Waals surface area contributed by atoms with E-state index in [-0.39, 0.29) is 11.3 Å². The van der Waals surface area contributed by atoms with Gasteiger partial charge < -0.3 is 10.2 Å². The minimum Gasteiger partial charge on any atom is -0.362 e. The molecule has 1 aromatic carbocycles. The molecule has 0 aliphatic rings. The second-order valence-corrected chi connectivity index (χ2v) is 6.31. The van der Waals surface area contributed by atoms with Crippen LogP contribution in [-0.2, 0) is 0 Å². The molecule has 20 heavy (non-hydrogen) atoms. The number of hydrogen-bond acceptors (Lipinski definition) is 3. The van der Waals surface area contributed by atoms with Crippen molar-refractivity contribution in [1.29, 1.82) is 0 Å². The fourth-order valence-corrected chi connectivity index (χ4v) is 2.21. The first-order valence-electron chi connectivity index (χ1n) is 6.59. The minimum atomic E-state index is -0.187.